The van der Waals surface area contributed by atoms with Gasteiger partial charge in [-0.25, -0.2) is 18.2 Å². The molecule has 5 nitrogen and oxygen atoms in total. The van der Waals surface area contributed by atoms with Crippen molar-refractivity contribution in [2.24, 2.45) is 0 Å². The van der Waals surface area contributed by atoms with Crippen molar-refractivity contribution in [1.29, 1.82) is 0 Å². The molecule has 0 unspecified atom stereocenters. The fourth-order valence-electron chi connectivity index (χ4n) is 3.86. The van der Waals surface area contributed by atoms with Crippen molar-refractivity contribution in [2.45, 2.75) is 6.18 Å². The van der Waals surface area contributed by atoms with Crippen LogP contribution in [0.1, 0.15) is 15.9 Å². The number of hydrogen-bond acceptors (Lipinski definition) is 3. The summed E-state index contributed by atoms with van der Waals surface area (Å²) in [5.74, 6) is -3.79. The Morgan fingerprint density at radius 1 is 0.865 bits per heavy atom. The summed E-state index contributed by atoms with van der Waals surface area (Å²) in [5, 5.41) is 2.32. The van der Waals surface area contributed by atoms with Crippen LogP contribution in [0, 0.1) is 17.5 Å². The molecule has 2 aromatic carbocycles. The van der Waals surface area contributed by atoms with Gasteiger partial charge in [0.15, 0.2) is 11.6 Å². The molecule has 0 bridgehead atoms. The second-order valence-corrected chi connectivity index (χ2v) is 7.93. The van der Waals surface area contributed by atoms with Gasteiger partial charge in [-0.2, -0.15) is 13.2 Å². The third kappa shape index (κ3) is 4.51. The van der Waals surface area contributed by atoms with E-state index < -0.39 is 40.7 Å². The van der Waals surface area contributed by atoms with Crippen molar-refractivity contribution >= 4 is 17.2 Å². The molecule has 0 aliphatic heterocycles. The second-order valence-electron chi connectivity index (χ2n) is 7.93. The molecule has 11 heteroatoms. The zero-order valence-electron chi connectivity index (χ0n) is 18.5. The minimum Gasteiger partial charge on any atom is -0.322 e. The number of amides is 1. The normalized spacial score (nSPS) is 11.6. The van der Waals surface area contributed by atoms with Gasteiger partial charge in [-0.1, -0.05) is 6.07 Å². The van der Waals surface area contributed by atoms with Gasteiger partial charge >= 0.3 is 6.18 Å². The molecule has 1 amide bonds. The topological polar surface area (TPSA) is 59.3 Å². The van der Waals surface area contributed by atoms with Crippen LogP contribution in [0.4, 0.5) is 32.0 Å². The first-order valence-corrected chi connectivity index (χ1v) is 10.7. The summed E-state index contributed by atoms with van der Waals surface area (Å²) in [7, 11) is 0. The first kappa shape index (κ1) is 24.0. The van der Waals surface area contributed by atoms with Crippen molar-refractivity contribution < 1.29 is 31.1 Å². The van der Waals surface area contributed by atoms with E-state index in [4.69, 9.17) is 0 Å². The number of alkyl halides is 3. The molecular formula is C26H14F6N4O. The van der Waals surface area contributed by atoms with Crippen molar-refractivity contribution in [3.8, 4) is 22.5 Å². The number of hydrogen-bond donors (Lipinski definition) is 1. The average Bonchev–Trinajstić information content (AvgIpc) is 3.30. The smallest absolute Gasteiger partial charge is 0.322 e. The Morgan fingerprint density at radius 2 is 1.59 bits per heavy atom. The molecule has 1 N–H and O–H groups in total. The maximum Gasteiger partial charge on any atom is 0.418 e. The van der Waals surface area contributed by atoms with Gasteiger partial charge in [0.05, 0.1) is 28.7 Å². The highest BCUT2D eigenvalue weighted by Gasteiger charge is 2.36. The summed E-state index contributed by atoms with van der Waals surface area (Å²) in [4.78, 5) is 21.0. The van der Waals surface area contributed by atoms with Crippen LogP contribution >= 0.6 is 0 Å². The van der Waals surface area contributed by atoms with E-state index >= 15 is 0 Å². The number of halogens is 6. The third-order valence-corrected chi connectivity index (χ3v) is 5.60. The molecule has 0 aliphatic rings. The molecule has 0 saturated heterocycles. The number of imidazole rings is 1. The lowest BCUT2D eigenvalue weighted by Crippen LogP contribution is -2.19. The van der Waals surface area contributed by atoms with Gasteiger partial charge in [0.1, 0.15) is 11.5 Å². The Morgan fingerprint density at radius 3 is 2.32 bits per heavy atom. The SMILES string of the molecule is O=C(Nc1ccc(F)cc1)c1cc(-c2cccn3c(-c4cccc(F)c4F)cnc23)ncc1C(F)(F)F. The van der Waals surface area contributed by atoms with Crippen LogP contribution in [0.3, 0.4) is 0 Å². The molecule has 0 atom stereocenters. The van der Waals surface area contributed by atoms with E-state index in [0.717, 1.165) is 24.3 Å². The van der Waals surface area contributed by atoms with Gasteiger partial charge in [0.25, 0.3) is 5.91 Å². The van der Waals surface area contributed by atoms with Crippen LogP contribution in [-0.2, 0) is 6.18 Å². The Balaban J connectivity index is 1.61. The van der Waals surface area contributed by atoms with E-state index in [0.29, 0.717) is 6.20 Å². The summed E-state index contributed by atoms with van der Waals surface area (Å²) in [6, 6.07) is 12.2. The Bertz CT molecular complexity index is 1640. The fourth-order valence-corrected chi connectivity index (χ4v) is 3.86. The second kappa shape index (κ2) is 9.08. The molecule has 3 heterocycles. The van der Waals surface area contributed by atoms with E-state index in [9.17, 15) is 31.1 Å². The average molecular weight is 512 g/mol. The maximum absolute atomic E-state index is 14.4. The quantitative estimate of drug-likeness (QED) is 0.271. The zero-order chi connectivity index (χ0) is 26.3. The summed E-state index contributed by atoms with van der Waals surface area (Å²) in [5.41, 5.74) is -1.33. The van der Waals surface area contributed by atoms with Crippen LogP contribution in [0.2, 0.25) is 0 Å². The molecule has 5 aromatic rings. The highest BCUT2D eigenvalue weighted by atomic mass is 19.4. The van der Waals surface area contributed by atoms with Crippen molar-refractivity contribution in [3.63, 3.8) is 0 Å². The lowest BCUT2D eigenvalue weighted by molar-refractivity contribution is -0.138. The summed E-state index contributed by atoms with van der Waals surface area (Å²) in [6.45, 7) is 0. The molecule has 186 valence electrons. The van der Waals surface area contributed by atoms with Gasteiger partial charge in [0.2, 0.25) is 0 Å². The number of fused-ring (bicyclic) bond motifs is 1. The molecule has 37 heavy (non-hydrogen) atoms. The number of carbonyl (C=O) groups is 1. The summed E-state index contributed by atoms with van der Waals surface area (Å²) < 4.78 is 83.9. The third-order valence-electron chi connectivity index (χ3n) is 5.60. The summed E-state index contributed by atoms with van der Waals surface area (Å²) in [6.07, 6.45) is -1.53. The minimum atomic E-state index is -4.89. The van der Waals surface area contributed by atoms with E-state index in [1.165, 1.54) is 53.2 Å². The van der Waals surface area contributed by atoms with Crippen LogP contribution in [0.15, 0.2) is 79.3 Å². The number of rotatable bonds is 4. The minimum absolute atomic E-state index is 0.0141. The standard InChI is InChI=1S/C26H14F6N4O/c27-14-6-8-15(9-7-14)35-25(37)18-11-21(33-12-19(18)26(30,31)32)16-4-2-10-36-22(13-34-24(16)36)17-3-1-5-20(28)23(17)29/h1-13H,(H,35,37). The van der Waals surface area contributed by atoms with Crippen molar-refractivity contribution in [2.75, 3.05) is 5.32 Å². The summed E-state index contributed by atoms with van der Waals surface area (Å²) >= 11 is 0. The van der Waals surface area contributed by atoms with Gasteiger partial charge in [-0.3, -0.25) is 14.2 Å². The Hall–Kier alpha value is -4.67. The van der Waals surface area contributed by atoms with Crippen molar-refractivity contribution in [3.05, 3.63) is 108 Å². The molecule has 3 aromatic heterocycles. The number of nitrogens with one attached hydrogen (secondary N) is 1. The number of carbonyl (C=O) groups excluding carboxylic acids is 1. The first-order valence-electron chi connectivity index (χ1n) is 10.7. The number of benzene rings is 2. The lowest BCUT2D eigenvalue weighted by atomic mass is 10.0. The largest absolute Gasteiger partial charge is 0.418 e. The van der Waals surface area contributed by atoms with Gasteiger partial charge in [-0.05, 0) is 54.6 Å². The van der Waals surface area contributed by atoms with Crippen LogP contribution in [0.25, 0.3) is 28.2 Å². The Kier molecular flexibility index (Phi) is 5.90. The predicted molar refractivity (Wildman–Crippen MR) is 123 cm³/mol. The molecule has 5 rings (SSSR count). The number of anilines is 1. The molecule has 0 radical (unpaired) electrons. The maximum atomic E-state index is 14.4. The molecule has 0 saturated carbocycles. The highest BCUT2D eigenvalue weighted by Crippen LogP contribution is 2.35. The fraction of sp³-hybridized carbons (Fsp3) is 0.0385. The number of nitrogens with zero attached hydrogens (tertiary/aromatic N) is 3. The predicted octanol–water partition coefficient (Wildman–Crippen LogP) is 6.75. The molecule has 0 spiro atoms. The van der Waals surface area contributed by atoms with Gasteiger partial charge in [0, 0.05) is 29.2 Å². The highest BCUT2D eigenvalue weighted by molar-refractivity contribution is 6.06. The first-order chi connectivity index (χ1) is 17.6. The number of aromatic nitrogens is 3. The van der Waals surface area contributed by atoms with Crippen LogP contribution in [-0.4, -0.2) is 20.3 Å². The van der Waals surface area contributed by atoms with Gasteiger partial charge in [-0.15, -0.1) is 0 Å². The van der Waals surface area contributed by atoms with Crippen LogP contribution in [0.5, 0.6) is 0 Å². The van der Waals surface area contributed by atoms with E-state index in [1.54, 1.807) is 0 Å². The zero-order valence-corrected chi connectivity index (χ0v) is 18.5. The van der Waals surface area contributed by atoms with Crippen LogP contribution < -0.4 is 5.32 Å². The monoisotopic (exact) mass is 512 g/mol. The molecule has 0 aliphatic carbocycles. The van der Waals surface area contributed by atoms with E-state index in [-0.39, 0.29) is 33.8 Å². The van der Waals surface area contributed by atoms with E-state index in [1.807, 2.05) is 0 Å². The molecular weight excluding hydrogens is 498 g/mol. The molecule has 0 fully saturated rings. The van der Waals surface area contributed by atoms with E-state index in [2.05, 4.69) is 15.3 Å². The van der Waals surface area contributed by atoms with Gasteiger partial charge < -0.3 is 5.32 Å². The lowest BCUT2D eigenvalue weighted by Gasteiger charge is -2.14. The Labute approximate surface area is 205 Å². The number of pyridine rings is 2. The van der Waals surface area contributed by atoms with Crippen molar-refractivity contribution in [1.82, 2.24) is 14.4 Å².